The van der Waals surface area contributed by atoms with Crippen LogP contribution in [0.2, 0.25) is 0 Å². The second-order valence-corrected chi connectivity index (χ2v) is 16.6. The van der Waals surface area contributed by atoms with Gasteiger partial charge in [-0.15, -0.1) is 0 Å². The van der Waals surface area contributed by atoms with Gasteiger partial charge in [0.2, 0.25) is 0 Å². The molecule has 0 aliphatic heterocycles. The lowest BCUT2D eigenvalue weighted by Crippen LogP contribution is -2.34. The van der Waals surface area contributed by atoms with Gasteiger partial charge in [0.15, 0.2) is 0 Å². The van der Waals surface area contributed by atoms with Crippen LogP contribution in [0.25, 0.3) is 0 Å². The molecule has 1 aromatic carbocycles. The molecule has 7 rings (SSSR count). The van der Waals surface area contributed by atoms with Crippen molar-refractivity contribution in [2.24, 2.45) is 35.5 Å². The molecular formula is C36H54O3S. The lowest BCUT2D eigenvalue weighted by Gasteiger charge is -2.45. The minimum absolute atomic E-state index is 0.297. The van der Waals surface area contributed by atoms with E-state index in [1.807, 2.05) is 0 Å². The van der Waals surface area contributed by atoms with Crippen LogP contribution in [0.5, 0.6) is 0 Å². The Balaban J connectivity index is 1.39. The Kier molecular flexibility index (Phi) is 8.15. The van der Waals surface area contributed by atoms with Crippen LogP contribution >= 0.6 is 0 Å². The van der Waals surface area contributed by atoms with Crippen LogP contribution in [0.4, 0.5) is 0 Å². The van der Waals surface area contributed by atoms with Crippen molar-refractivity contribution in [3.8, 4) is 0 Å². The molecule has 6 aliphatic rings. The zero-order valence-electron chi connectivity index (χ0n) is 24.9. The molecule has 0 amide bonds. The van der Waals surface area contributed by atoms with Crippen LogP contribution in [0.3, 0.4) is 0 Å². The molecule has 0 spiro atoms. The lowest BCUT2D eigenvalue weighted by molar-refractivity contribution is 0.136. The van der Waals surface area contributed by atoms with E-state index >= 15 is 0 Å². The molecule has 0 saturated heterocycles. The van der Waals surface area contributed by atoms with Gasteiger partial charge in [-0.2, -0.15) is 8.42 Å². The summed E-state index contributed by atoms with van der Waals surface area (Å²) in [6.45, 7) is 0. The number of hydrogen-bond donors (Lipinski definition) is 1. The first kappa shape index (κ1) is 27.9. The fraction of sp³-hybridized carbons (Fsp3) is 0.833. The molecule has 0 heterocycles. The summed E-state index contributed by atoms with van der Waals surface area (Å²) in [5.74, 6) is 5.45. The Bertz CT molecular complexity index is 1100. The second-order valence-electron chi connectivity index (χ2n) is 15.2. The van der Waals surface area contributed by atoms with Crippen LogP contribution in [-0.4, -0.2) is 13.0 Å². The molecule has 40 heavy (non-hydrogen) atoms. The van der Waals surface area contributed by atoms with Crippen LogP contribution in [0, 0.1) is 35.5 Å². The predicted octanol–water partition coefficient (Wildman–Crippen LogP) is 10.2. The monoisotopic (exact) mass is 566 g/mol. The highest BCUT2D eigenvalue weighted by Crippen LogP contribution is 2.56. The summed E-state index contributed by atoms with van der Waals surface area (Å²) in [4.78, 5) is 0.389. The Hall–Kier alpha value is -0.870. The van der Waals surface area contributed by atoms with Crippen LogP contribution in [0.1, 0.15) is 169 Å². The standard InChI is InChI=1S/C36H54O3S/c37-40(38,39)36-34(32-20-8-14-25-11-2-5-17-29(25)32)22-27(31-19-7-13-24-10-1-4-16-28(24)31)23-35(36)33-21-9-15-26-12-3-6-18-30(26)33/h22-26,28-33H,1-21H2,(H,37,38,39). The second kappa shape index (κ2) is 11.7. The summed E-state index contributed by atoms with van der Waals surface area (Å²) in [5, 5.41) is 0. The number of benzene rings is 1. The van der Waals surface area contributed by atoms with E-state index in [1.54, 1.807) is 0 Å². The Morgan fingerprint density at radius 1 is 0.475 bits per heavy atom. The van der Waals surface area contributed by atoms with E-state index in [0.29, 0.717) is 34.5 Å². The topological polar surface area (TPSA) is 54.4 Å². The molecule has 6 saturated carbocycles. The largest absolute Gasteiger partial charge is 0.295 e. The van der Waals surface area contributed by atoms with Gasteiger partial charge in [-0.1, -0.05) is 108 Å². The van der Waals surface area contributed by atoms with Crippen molar-refractivity contribution in [2.75, 3.05) is 0 Å². The number of fused-ring (bicyclic) bond motifs is 3. The van der Waals surface area contributed by atoms with Crippen molar-refractivity contribution in [2.45, 2.75) is 157 Å². The van der Waals surface area contributed by atoms with Gasteiger partial charge in [0, 0.05) is 0 Å². The minimum atomic E-state index is -4.31. The first-order chi connectivity index (χ1) is 19.5. The van der Waals surface area contributed by atoms with Crippen molar-refractivity contribution in [3.05, 3.63) is 28.8 Å². The van der Waals surface area contributed by atoms with E-state index in [4.69, 9.17) is 0 Å². The molecule has 6 fully saturated rings. The maximum absolute atomic E-state index is 13.6. The smallest absolute Gasteiger partial charge is 0.282 e. The molecule has 6 aliphatic carbocycles. The number of hydrogen-bond acceptors (Lipinski definition) is 2. The van der Waals surface area contributed by atoms with Gasteiger partial charge in [-0.3, -0.25) is 4.55 Å². The zero-order chi connectivity index (χ0) is 27.3. The van der Waals surface area contributed by atoms with Gasteiger partial charge in [-0.05, 0) is 108 Å². The van der Waals surface area contributed by atoms with Gasteiger partial charge in [0.05, 0.1) is 0 Å². The van der Waals surface area contributed by atoms with Crippen LogP contribution < -0.4 is 0 Å². The maximum Gasteiger partial charge on any atom is 0.295 e. The van der Waals surface area contributed by atoms with E-state index in [2.05, 4.69) is 12.1 Å². The molecule has 0 aromatic heterocycles. The third-order valence-electron chi connectivity index (χ3n) is 13.4. The van der Waals surface area contributed by atoms with Gasteiger partial charge in [0.1, 0.15) is 4.90 Å². The highest BCUT2D eigenvalue weighted by molar-refractivity contribution is 7.86. The first-order valence-electron chi connectivity index (χ1n) is 17.6. The summed E-state index contributed by atoms with van der Waals surface area (Å²) in [6.07, 6.45) is 27.0. The summed E-state index contributed by atoms with van der Waals surface area (Å²) in [6, 6.07) is 4.77. The van der Waals surface area contributed by atoms with Crippen molar-refractivity contribution in [3.63, 3.8) is 0 Å². The third-order valence-corrected chi connectivity index (χ3v) is 14.4. The zero-order valence-corrected chi connectivity index (χ0v) is 25.7. The average Bonchev–Trinajstić information content (AvgIpc) is 2.99. The fourth-order valence-corrected chi connectivity index (χ4v) is 12.8. The maximum atomic E-state index is 13.6. The molecule has 0 radical (unpaired) electrons. The Morgan fingerprint density at radius 3 is 1.25 bits per heavy atom. The molecule has 9 unspecified atom stereocenters. The van der Waals surface area contributed by atoms with Crippen molar-refractivity contribution < 1.29 is 13.0 Å². The van der Waals surface area contributed by atoms with Crippen molar-refractivity contribution in [1.82, 2.24) is 0 Å². The molecule has 1 N–H and O–H groups in total. The Labute approximate surface area is 244 Å². The average molecular weight is 567 g/mol. The quantitative estimate of drug-likeness (QED) is 0.369. The molecule has 0 bridgehead atoms. The van der Waals surface area contributed by atoms with Crippen molar-refractivity contribution >= 4 is 10.1 Å². The summed E-state index contributed by atoms with van der Waals surface area (Å²) < 4.78 is 38.2. The molecular weight excluding hydrogens is 512 g/mol. The predicted molar refractivity (Wildman–Crippen MR) is 162 cm³/mol. The number of rotatable bonds is 4. The summed E-state index contributed by atoms with van der Waals surface area (Å²) in [5.41, 5.74) is 3.58. The molecule has 222 valence electrons. The van der Waals surface area contributed by atoms with Crippen molar-refractivity contribution in [1.29, 1.82) is 0 Å². The van der Waals surface area contributed by atoms with Gasteiger partial charge >= 0.3 is 0 Å². The van der Waals surface area contributed by atoms with Gasteiger partial charge in [0.25, 0.3) is 10.1 Å². The molecule has 1 aromatic rings. The van der Waals surface area contributed by atoms with Gasteiger partial charge < -0.3 is 0 Å². The summed E-state index contributed by atoms with van der Waals surface area (Å²) >= 11 is 0. The van der Waals surface area contributed by atoms with Crippen LogP contribution in [-0.2, 0) is 10.1 Å². The van der Waals surface area contributed by atoms with E-state index in [-0.39, 0.29) is 0 Å². The van der Waals surface area contributed by atoms with E-state index in [9.17, 15) is 13.0 Å². The van der Waals surface area contributed by atoms with Gasteiger partial charge in [-0.25, -0.2) is 0 Å². The normalized spacial score (nSPS) is 40.5. The first-order valence-corrected chi connectivity index (χ1v) is 19.1. The highest BCUT2D eigenvalue weighted by Gasteiger charge is 2.44. The fourth-order valence-electron chi connectivity index (χ4n) is 11.8. The van der Waals surface area contributed by atoms with E-state index < -0.39 is 10.1 Å². The third kappa shape index (κ3) is 5.24. The molecule has 9 atom stereocenters. The minimum Gasteiger partial charge on any atom is -0.282 e. The molecule has 4 heteroatoms. The molecule has 3 nitrogen and oxygen atoms in total. The lowest BCUT2D eigenvalue weighted by atomic mass is 9.60. The summed E-state index contributed by atoms with van der Waals surface area (Å²) in [7, 11) is -4.31. The van der Waals surface area contributed by atoms with E-state index in [0.717, 1.165) is 47.6 Å². The highest BCUT2D eigenvalue weighted by atomic mass is 32.2. The Morgan fingerprint density at radius 2 is 0.825 bits per heavy atom. The SMILES string of the molecule is O=S(=O)(O)c1c(C2CCCC3CCCCC32)cc(C2CCCC3CCCCC32)cc1C1CCCC2CCCCC21. The van der Waals surface area contributed by atoms with E-state index in [1.165, 1.54) is 128 Å². The van der Waals surface area contributed by atoms with Crippen LogP contribution in [0.15, 0.2) is 17.0 Å².